The molecule has 0 bridgehead atoms. The van der Waals surface area contributed by atoms with Crippen LogP contribution in [-0.4, -0.2) is 42.5 Å². The Balaban J connectivity index is 1.69. The SMILES string of the molecule is CC(C)N1CCC(CNC(=O)C2CCCC(N)C2)C1. The molecule has 1 heterocycles. The van der Waals surface area contributed by atoms with E-state index in [1.807, 2.05) is 0 Å². The number of likely N-dealkylation sites (tertiary alicyclic amines) is 1. The minimum atomic E-state index is 0.159. The molecule has 1 aliphatic heterocycles. The maximum absolute atomic E-state index is 12.1. The largest absolute Gasteiger partial charge is 0.356 e. The molecule has 4 heteroatoms. The number of nitrogens with one attached hydrogen (secondary N) is 1. The van der Waals surface area contributed by atoms with E-state index in [-0.39, 0.29) is 17.9 Å². The molecular formula is C15H29N3O. The van der Waals surface area contributed by atoms with Crippen LogP contribution in [0.3, 0.4) is 0 Å². The highest BCUT2D eigenvalue weighted by molar-refractivity contribution is 5.78. The van der Waals surface area contributed by atoms with Gasteiger partial charge in [-0.15, -0.1) is 0 Å². The smallest absolute Gasteiger partial charge is 0.223 e. The Morgan fingerprint density at radius 3 is 2.79 bits per heavy atom. The standard InChI is InChI=1S/C15H29N3O/c1-11(2)18-7-6-12(10-18)9-17-15(19)13-4-3-5-14(16)8-13/h11-14H,3-10,16H2,1-2H3,(H,17,19). The van der Waals surface area contributed by atoms with Crippen molar-refractivity contribution in [2.24, 2.45) is 17.6 Å². The molecule has 2 rings (SSSR count). The van der Waals surface area contributed by atoms with E-state index in [9.17, 15) is 4.79 Å². The second kappa shape index (κ2) is 6.71. The van der Waals surface area contributed by atoms with Gasteiger partial charge in [0, 0.05) is 31.1 Å². The van der Waals surface area contributed by atoms with Crippen LogP contribution in [0.2, 0.25) is 0 Å². The summed E-state index contributed by atoms with van der Waals surface area (Å²) in [6.45, 7) is 7.62. The lowest BCUT2D eigenvalue weighted by Crippen LogP contribution is -2.40. The topological polar surface area (TPSA) is 58.4 Å². The molecule has 2 aliphatic rings. The Hall–Kier alpha value is -0.610. The lowest BCUT2D eigenvalue weighted by Gasteiger charge is -2.26. The highest BCUT2D eigenvalue weighted by Crippen LogP contribution is 2.23. The Labute approximate surface area is 117 Å². The predicted octanol–water partition coefficient (Wildman–Crippen LogP) is 1.35. The summed E-state index contributed by atoms with van der Waals surface area (Å²) in [7, 11) is 0. The van der Waals surface area contributed by atoms with Crippen molar-refractivity contribution in [1.82, 2.24) is 10.2 Å². The first-order valence-electron chi connectivity index (χ1n) is 7.83. The molecule has 1 saturated carbocycles. The van der Waals surface area contributed by atoms with Crippen LogP contribution < -0.4 is 11.1 Å². The average Bonchev–Trinajstić information content (AvgIpc) is 2.85. The molecule has 0 aromatic rings. The van der Waals surface area contributed by atoms with Crippen LogP contribution in [0.4, 0.5) is 0 Å². The van der Waals surface area contributed by atoms with E-state index < -0.39 is 0 Å². The number of carbonyl (C=O) groups is 1. The third-order valence-electron chi connectivity index (χ3n) is 4.70. The van der Waals surface area contributed by atoms with Crippen LogP contribution in [0.1, 0.15) is 46.0 Å². The molecule has 1 aliphatic carbocycles. The number of hydrogen-bond acceptors (Lipinski definition) is 3. The summed E-state index contributed by atoms with van der Waals surface area (Å²) in [5, 5.41) is 3.15. The molecule has 0 aromatic carbocycles. The van der Waals surface area contributed by atoms with Gasteiger partial charge in [0.15, 0.2) is 0 Å². The highest BCUT2D eigenvalue weighted by Gasteiger charge is 2.27. The van der Waals surface area contributed by atoms with Crippen LogP contribution in [0.15, 0.2) is 0 Å². The van der Waals surface area contributed by atoms with Crippen molar-refractivity contribution in [2.45, 2.75) is 58.0 Å². The van der Waals surface area contributed by atoms with Gasteiger partial charge in [-0.25, -0.2) is 0 Å². The van der Waals surface area contributed by atoms with E-state index in [4.69, 9.17) is 5.73 Å². The molecule has 4 nitrogen and oxygen atoms in total. The second-order valence-corrected chi connectivity index (χ2v) is 6.61. The zero-order valence-corrected chi connectivity index (χ0v) is 12.4. The zero-order chi connectivity index (χ0) is 13.8. The van der Waals surface area contributed by atoms with Crippen molar-refractivity contribution in [3.63, 3.8) is 0 Å². The Bertz CT molecular complexity index is 306. The summed E-state index contributed by atoms with van der Waals surface area (Å²) in [6.07, 6.45) is 5.28. The highest BCUT2D eigenvalue weighted by atomic mass is 16.1. The summed E-state index contributed by atoms with van der Waals surface area (Å²) in [5.74, 6) is 1.02. The number of rotatable bonds is 4. The molecule has 1 saturated heterocycles. The van der Waals surface area contributed by atoms with E-state index in [1.165, 1.54) is 13.0 Å². The van der Waals surface area contributed by atoms with Crippen molar-refractivity contribution in [1.29, 1.82) is 0 Å². The molecular weight excluding hydrogens is 238 g/mol. The van der Waals surface area contributed by atoms with Gasteiger partial charge < -0.3 is 16.0 Å². The molecule has 0 aromatic heterocycles. The summed E-state index contributed by atoms with van der Waals surface area (Å²) in [4.78, 5) is 14.6. The van der Waals surface area contributed by atoms with Gasteiger partial charge in [0.2, 0.25) is 5.91 Å². The summed E-state index contributed by atoms with van der Waals surface area (Å²) < 4.78 is 0. The van der Waals surface area contributed by atoms with E-state index >= 15 is 0 Å². The first-order chi connectivity index (χ1) is 9.06. The average molecular weight is 267 g/mol. The normalized spacial score (nSPS) is 32.7. The predicted molar refractivity (Wildman–Crippen MR) is 77.8 cm³/mol. The minimum Gasteiger partial charge on any atom is -0.356 e. The van der Waals surface area contributed by atoms with Gasteiger partial charge >= 0.3 is 0 Å². The third kappa shape index (κ3) is 4.18. The van der Waals surface area contributed by atoms with E-state index in [2.05, 4.69) is 24.1 Å². The number of amides is 1. The fourth-order valence-electron chi connectivity index (χ4n) is 3.35. The van der Waals surface area contributed by atoms with Gasteiger partial charge in [-0.3, -0.25) is 4.79 Å². The Morgan fingerprint density at radius 1 is 1.37 bits per heavy atom. The van der Waals surface area contributed by atoms with E-state index in [0.717, 1.165) is 38.8 Å². The van der Waals surface area contributed by atoms with Crippen LogP contribution >= 0.6 is 0 Å². The lowest BCUT2D eigenvalue weighted by atomic mass is 9.85. The van der Waals surface area contributed by atoms with Gasteiger partial charge in [0.1, 0.15) is 0 Å². The first kappa shape index (κ1) is 14.8. The molecule has 3 unspecified atom stereocenters. The van der Waals surface area contributed by atoms with Crippen molar-refractivity contribution < 1.29 is 4.79 Å². The van der Waals surface area contributed by atoms with Crippen LogP contribution in [-0.2, 0) is 4.79 Å². The van der Waals surface area contributed by atoms with Gasteiger partial charge in [0.25, 0.3) is 0 Å². The molecule has 1 amide bonds. The molecule has 3 N–H and O–H groups in total. The first-order valence-corrected chi connectivity index (χ1v) is 7.83. The molecule has 0 radical (unpaired) electrons. The Morgan fingerprint density at radius 2 is 2.16 bits per heavy atom. The van der Waals surface area contributed by atoms with Crippen molar-refractivity contribution >= 4 is 5.91 Å². The molecule has 0 spiro atoms. The third-order valence-corrected chi connectivity index (χ3v) is 4.70. The fraction of sp³-hybridized carbons (Fsp3) is 0.933. The summed E-state index contributed by atoms with van der Waals surface area (Å²) >= 11 is 0. The maximum Gasteiger partial charge on any atom is 0.223 e. The quantitative estimate of drug-likeness (QED) is 0.808. The van der Waals surface area contributed by atoms with Crippen molar-refractivity contribution in [2.75, 3.05) is 19.6 Å². The van der Waals surface area contributed by atoms with Crippen LogP contribution in [0.5, 0.6) is 0 Å². The number of hydrogen-bond donors (Lipinski definition) is 2. The second-order valence-electron chi connectivity index (χ2n) is 6.61. The summed E-state index contributed by atoms with van der Waals surface area (Å²) in [6, 6.07) is 0.851. The zero-order valence-electron chi connectivity index (χ0n) is 12.4. The lowest BCUT2D eigenvalue weighted by molar-refractivity contribution is -0.126. The number of nitrogens with two attached hydrogens (primary N) is 1. The Kier molecular flexibility index (Phi) is 5.22. The van der Waals surface area contributed by atoms with Crippen LogP contribution in [0.25, 0.3) is 0 Å². The fourth-order valence-corrected chi connectivity index (χ4v) is 3.35. The van der Waals surface area contributed by atoms with Gasteiger partial charge in [-0.1, -0.05) is 6.42 Å². The maximum atomic E-state index is 12.1. The van der Waals surface area contributed by atoms with Crippen LogP contribution in [0, 0.1) is 11.8 Å². The van der Waals surface area contributed by atoms with Crippen molar-refractivity contribution in [3.05, 3.63) is 0 Å². The van der Waals surface area contributed by atoms with Gasteiger partial charge in [0.05, 0.1) is 0 Å². The monoisotopic (exact) mass is 267 g/mol. The summed E-state index contributed by atoms with van der Waals surface area (Å²) in [5.41, 5.74) is 5.95. The molecule has 110 valence electrons. The van der Waals surface area contributed by atoms with Crippen molar-refractivity contribution in [3.8, 4) is 0 Å². The molecule has 3 atom stereocenters. The molecule has 19 heavy (non-hydrogen) atoms. The minimum absolute atomic E-state index is 0.159. The molecule has 2 fully saturated rings. The van der Waals surface area contributed by atoms with E-state index in [0.29, 0.717) is 12.0 Å². The van der Waals surface area contributed by atoms with Gasteiger partial charge in [-0.05, 0) is 52.0 Å². The number of nitrogens with zero attached hydrogens (tertiary/aromatic N) is 1. The van der Waals surface area contributed by atoms with Gasteiger partial charge in [-0.2, -0.15) is 0 Å². The van der Waals surface area contributed by atoms with E-state index in [1.54, 1.807) is 0 Å². The number of carbonyl (C=O) groups excluding carboxylic acids is 1.